The summed E-state index contributed by atoms with van der Waals surface area (Å²) < 4.78 is 68.8. The second kappa shape index (κ2) is 72.0. The fourth-order valence-corrected chi connectivity index (χ4v) is 14.3. The van der Waals surface area contributed by atoms with Gasteiger partial charge in [0.05, 0.1) is 26.4 Å². The van der Waals surface area contributed by atoms with Crippen molar-refractivity contribution in [1.82, 2.24) is 0 Å². The van der Waals surface area contributed by atoms with Crippen molar-refractivity contribution >= 4 is 39.5 Å². The van der Waals surface area contributed by atoms with Crippen molar-refractivity contribution in [3.05, 3.63) is 0 Å². The first-order chi connectivity index (χ1) is 49.1. The maximum Gasteiger partial charge on any atom is 0.472 e. The molecule has 0 fully saturated rings. The largest absolute Gasteiger partial charge is 0.472 e. The van der Waals surface area contributed by atoms with E-state index in [0.29, 0.717) is 25.7 Å². The first kappa shape index (κ1) is 100. The Labute approximate surface area is 626 Å². The van der Waals surface area contributed by atoms with Crippen LogP contribution < -0.4 is 0 Å². The lowest BCUT2D eigenvalue weighted by atomic mass is 10.00. The van der Waals surface area contributed by atoms with Crippen LogP contribution in [0.1, 0.15) is 428 Å². The number of phosphoric acid groups is 2. The van der Waals surface area contributed by atoms with Gasteiger partial charge in [-0.15, -0.1) is 0 Å². The number of unbranched alkanes of at least 4 members (excludes halogenated alkanes) is 45. The first-order valence-corrected chi connectivity index (χ1v) is 45.7. The molecule has 0 saturated heterocycles. The molecule has 0 bridgehead atoms. The lowest BCUT2D eigenvalue weighted by Crippen LogP contribution is -2.30. The zero-order valence-electron chi connectivity index (χ0n) is 67.2. The monoisotopic (exact) mass is 1490 g/mol. The Bertz CT molecular complexity index is 1990. The molecule has 0 spiro atoms. The van der Waals surface area contributed by atoms with Gasteiger partial charge in [0.2, 0.25) is 0 Å². The molecule has 0 saturated carbocycles. The number of carbonyl (C=O) groups is 4. The minimum Gasteiger partial charge on any atom is -0.462 e. The number of aliphatic hydroxyl groups is 1. The quantitative estimate of drug-likeness (QED) is 0.0222. The van der Waals surface area contributed by atoms with Crippen LogP contribution in [0.5, 0.6) is 0 Å². The second-order valence-electron chi connectivity index (χ2n) is 31.5. The van der Waals surface area contributed by atoms with Crippen molar-refractivity contribution in [3.63, 3.8) is 0 Å². The molecule has 102 heavy (non-hydrogen) atoms. The number of esters is 4. The average Bonchev–Trinajstić information content (AvgIpc) is 0.929. The highest BCUT2D eigenvalue weighted by molar-refractivity contribution is 7.47. The molecule has 6 atom stereocenters. The van der Waals surface area contributed by atoms with Gasteiger partial charge in [0.25, 0.3) is 0 Å². The van der Waals surface area contributed by atoms with Crippen LogP contribution >= 0.6 is 15.6 Å². The Balaban J connectivity index is 5.21. The van der Waals surface area contributed by atoms with Gasteiger partial charge in [-0.1, -0.05) is 376 Å². The molecule has 0 aliphatic carbocycles. The smallest absolute Gasteiger partial charge is 0.462 e. The summed E-state index contributed by atoms with van der Waals surface area (Å²) in [6.07, 6.45) is 59.7. The number of aliphatic hydroxyl groups excluding tert-OH is 1. The van der Waals surface area contributed by atoms with Crippen LogP contribution in [0.3, 0.4) is 0 Å². The molecular formula is C83H162O17P2. The molecule has 606 valence electrons. The lowest BCUT2D eigenvalue weighted by Gasteiger charge is -2.21. The van der Waals surface area contributed by atoms with Crippen LogP contribution in [0.4, 0.5) is 0 Å². The molecule has 19 heteroatoms. The summed E-state index contributed by atoms with van der Waals surface area (Å²) in [6.45, 7) is 14.3. The van der Waals surface area contributed by atoms with E-state index in [1.807, 2.05) is 0 Å². The number of phosphoric ester groups is 2. The van der Waals surface area contributed by atoms with E-state index in [2.05, 4.69) is 55.4 Å². The zero-order chi connectivity index (χ0) is 75.3. The lowest BCUT2D eigenvalue weighted by molar-refractivity contribution is -0.161. The van der Waals surface area contributed by atoms with Gasteiger partial charge in [-0.05, 0) is 49.4 Å². The third-order valence-electron chi connectivity index (χ3n) is 19.7. The Kier molecular flexibility index (Phi) is 70.6. The molecule has 0 aromatic heterocycles. The molecule has 0 radical (unpaired) electrons. The molecule has 0 rings (SSSR count). The minimum absolute atomic E-state index is 0.106. The molecule has 0 aromatic rings. The van der Waals surface area contributed by atoms with E-state index < -0.39 is 97.5 Å². The maximum absolute atomic E-state index is 13.1. The summed E-state index contributed by atoms with van der Waals surface area (Å²) in [5, 5.41) is 10.7. The predicted octanol–water partition coefficient (Wildman–Crippen LogP) is 24.8. The average molecular weight is 1490 g/mol. The summed E-state index contributed by atoms with van der Waals surface area (Å²) in [6, 6.07) is 0. The van der Waals surface area contributed by atoms with E-state index in [0.717, 1.165) is 120 Å². The molecule has 3 unspecified atom stereocenters. The first-order valence-electron chi connectivity index (χ1n) is 42.7. The molecule has 0 aliphatic heterocycles. The van der Waals surface area contributed by atoms with Crippen LogP contribution in [-0.2, 0) is 65.4 Å². The molecule has 3 N–H and O–H groups in total. The molecule has 0 aliphatic rings. The van der Waals surface area contributed by atoms with Crippen molar-refractivity contribution in [2.75, 3.05) is 39.6 Å². The third-order valence-corrected chi connectivity index (χ3v) is 21.6. The van der Waals surface area contributed by atoms with Crippen LogP contribution in [0.25, 0.3) is 0 Å². The maximum atomic E-state index is 13.1. The Morgan fingerprint density at radius 1 is 0.275 bits per heavy atom. The normalized spacial score (nSPS) is 14.3. The Hall–Kier alpha value is -1.94. The highest BCUT2D eigenvalue weighted by atomic mass is 31.2. The highest BCUT2D eigenvalue weighted by Gasteiger charge is 2.30. The van der Waals surface area contributed by atoms with Crippen LogP contribution in [-0.4, -0.2) is 96.7 Å². The van der Waals surface area contributed by atoms with Crippen LogP contribution in [0.2, 0.25) is 0 Å². The number of ether oxygens (including phenoxy) is 4. The second-order valence-corrected chi connectivity index (χ2v) is 34.4. The summed E-state index contributed by atoms with van der Waals surface area (Å²) in [5.74, 6) is 1.01. The fraction of sp³-hybridized carbons (Fsp3) is 0.952. The van der Waals surface area contributed by atoms with Crippen molar-refractivity contribution in [2.45, 2.75) is 446 Å². The van der Waals surface area contributed by atoms with Crippen LogP contribution in [0, 0.1) is 23.7 Å². The Morgan fingerprint density at radius 2 is 0.471 bits per heavy atom. The van der Waals surface area contributed by atoms with Crippen molar-refractivity contribution in [2.24, 2.45) is 23.7 Å². The molecule has 0 amide bonds. The molecule has 0 aromatic carbocycles. The number of rotatable bonds is 80. The van der Waals surface area contributed by atoms with E-state index in [9.17, 15) is 43.2 Å². The van der Waals surface area contributed by atoms with Gasteiger partial charge in [-0.2, -0.15) is 0 Å². The van der Waals surface area contributed by atoms with Gasteiger partial charge in [-0.25, -0.2) is 9.13 Å². The van der Waals surface area contributed by atoms with Crippen molar-refractivity contribution in [1.29, 1.82) is 0 Å². The summed E-state index contributed by atoms with van der Waals surface area (Å²) >= 11 is 0. The van der Waals surface area contributed by atoms with Gasteiger partial charge < -0.3 is 33.8 Å². The summed E-state index contributed by atoms with van der Waals surface area (Å²) in [4.78, 5) is 73.1. The SMILES string of the molecule is CCC(C)CCCCCCCCC(=O)OC[C@H](COP(=O)(O)OC[C@H](O)COP(=O)(O)OC[C@@H](COC(=O)CCCCCCCCCCCCCCCCCCC(C)C)OC(=O)CCCCCCCCCCCCCC(C)C)OC(=O)CCCCCCCCCCCCCCCCCCC(C)C. The standard InChI is InChI=1S/C83H162O17P2/c1-9-76(8)62-54-46-41-42-48-56-64-81(86)94-70-79(100-82(87)65-57-49-39-33-27-21-17-13-11-15-19-24-30-36-44-52-60-74(4)5)72-98-102(91,92)96-68-77(84)67-95-101(89,90)97-71-78(99-83(88)66-58-50-40-34-28-22-25-31-37-45-53-61-75(6)7)69-93-80(85)63-55-47-38-32-26-20-16-12-10-14-18-23-29-35-43-51-59-73(2)3/h73-79,84H,9-72H2,1-8H3,(H,89,90)(H,91,92)/t76?,77-,78-,79-/m1/s1. The third kappa shape index (κ3) is 74.9. The van der Waals surface area contributed by atoms with E-state index in [1.165, 1.54) is 225 Å². The van der Waals surface area contributed by atoms with Gasteiger partial charge in [0.15, 0.2) is 12.2 Å². The molecule has 0 heterocycles. The number of hydrogen-bond donors (Lipinski definition) is 3. The van der Waals surface area contributed by atoms with Gasteiger partial charge >= 0.3 is 39.5 Å². The van der Waals surface area contributed by atoms with Gasteiger partial charge in [-0.3, -0.25) is 37.3 Å². The minimum atomic E-state index is -4.96. The molecule has 17 nitrogen and oxygen atoms in total. The van der Waals surface area contributed by atoms with E-state index in [4.69, 9.17) is 37.0 Å². The van der Waals surface area contributed by atoms with Gasteiger partial charge in [0, 0.05) is 25.7 Å². The van der Waals surface area contributed by atoms with E-state index in [-0.39, 0.29) is 25.7 Å². The molecular weight excluding hydrogens is 1330 g/mol. The van der Waals surface area contributed by atoms with Crippen molar-refractivity contribution in [3.8, 4) is 0 Å². The van der Waals surface area contributed by atoms with Crippen molar-refractivity contribution < 1.29 is 80.2 Å². The van der Waals surface area contributed by atoms with Crippen LogP contribution in [0.15, 0.2) is 0 Å². The summed E-state index contributed by atoms with van der Waals surface area (Å²) in [5.41, 5.74) is 0. The Morgan fingerprint density at radius 3 is 0.696 bits per heavy atom. The number of carbonyl (C=O) groups excluding carboxylic acids is 4. The summed E-state index contributed by atoms with van der Waals surface area (Å²) in [7, 11) is -9.92. The van der Waals surface area contributed by atoms with E-state index >= 15 is 0 Å². The topological polar surface area (TPSA) is 237 Å². The zero-order valence-corrected chi connectivity index (χ0v) is 69.0. The fourth-order valence-electron chi connectivity index (χ4n) is 12.8. The number of hydrogen-bond acceptors (Lipinski definition) is 15. The van der Waals surface area contributed by atoms with Gasteiger partial charge in [0.1, 0.15) is 19.3 Å². The highest BCUT2D eigenvalue weighted by Crippen LogP contribution is 2.45. The van der Waals surface area contributed by atoms with E-state index in [1.54, 1.807) is 0 Å². The predicted molar refractivity (Wildman–Crippen MR) is 418 cm³/mol.